The summed E-state index contributed by atoms with van der Waals surface area (Å²) in [6.07, 6.45) is 6.70. The number of nitrogens with zero attached hydrogens (tertiary/aromatic N) is 2. The van der Waals surface area contributed by atoms with E-state index >= 15 is 0 Å². The summed E-state index contributed by atoms with van der Waals surface area (Å²) in [5.41, 5.74) is 0.455. The Morgan fingerprint density at radius 1 is 0.936 bits per heavy atom. The lowest BCUT2D eigenvalue weighted by Gasteiger charge is -2.44. The number of amides is 3. The molecule has 0 saturated heterocycles. The van der Waals surface area contributed by atoms with Gasteiger partial charge in [0.1, 0.15) is 18.5 Å². The molecule has 2 atom stereocenters. The molecule has 0 heterocycles. The van der Waals surface area contributed by atoms with Gasteiger partial charge in [0.15, 0.2) is 11.3 Å². The van der Waals surface area contributed by atoms with Crippen LogP contribution in [0.15, 0.2) is 78.1 Å². The minimum Gasteiger partial charge on any atom is -0.497 e. The van der Waals surface area contributed by atoms with Gasteiger partial charge in [-0.05, 0) is 65.8 Å². The number of alkyl carbamates (subject to hydrolysis) is 1. The fraction of sp³-hybridized carbons (Fsp3) is 0.486. The fourth-order valence-electron chi connectivity index (χ4n) is 6.21. The van der Waals surface area contributed by atoms with Crippen LogP contribution in [-0.2, 0) is 20.9 Å². The van der Waals surface area contributed by atoms with Crippen molar-refractivity contribution >= 4 is 29.3 Å². The maximum absolute atomic E-state index is 14.6. The predicted molar refractivity (Wildman–Crippen MR) is 184 cm³/mol. The molecule has 3 N–H and O–H groups in total. The summed E-state index contributed by atoms with van der Waals surface area (Å²) in [4.78, 5) is 45.3. The zero-order valence-electron chi connectivity index (χ0n) is 28.5. The number of carbonyl (C=O) groups excluding carboxylic acids is 3. The molecule has 10 heteroatoms. The number of hydrogen-bond acceptors (Lipinski definition) is 7. The third-order valence-corrected chi connectivity index (χ3v) is 8.93. The zero-order valence-corrected chi connectivity index (χ0v) is 28.5. The van der Waals surface area contributed by atoms with Crippen LogP contribution in [0.2, 0.25) is 0 Å². The van der Waals surface area contributed by atoms with Crippen molar-refractivity contribution in [2.75, 3.05) is 37.5 Å². The number of aliphatic hydroxyl groups excluding tert-OH is 1. The average molecular weight is 647 g/mol. The summed E-state index contributed by atoms with van der Waals surface area (Å²) < 4.78 is 10.9. The topological polar surface area (TPSA) is 120 Å². The van der Waals surface area contributed by atoms with Crippen molar-refractivity contribution in [2.24, 2.45) is 5.41 Å². The van der Waals surface area contributed by atoms with Crippen LogP contribution in [-0.4, -0.2) is 68.4 Å². The van der Waals surface area contributed by atoms with Crippen molar-refractivity contribution in [3.8, 4) is 0 Å². The van der Waals surface area contributed by atoms with E-state index < -0.39 is 41.5 Å². The predicted octanol–water partition coefficient (Wildman–Crippen LogP) is 6.10. The van der Waals surface area contributed by atoms with Gasteiger partial charge < -0.3 is 30.1 Å². The van der Waals surface area contributed by atoms with Gasteiger partial charge in [0.2, 0.25) is 0 Å². The van der Waals surface area contributed by atoms with Gasteiger partial charge in [-0.3, -0.25) is 9.69 Å². The van der Waals surface area contributed by atoms with Crippen molar-refractivity contribution in [1.29, 1.82) is 0 Å². The molecule has 10 nitrogen and oxygen atoms in total. The van der Waals surface area contributed by atoms with Crippen molar-refractivity contribution in [3.63, 3.8) is 0 Å². The number of nitrogens with one attached hydrogen (secondary N) is 2. The minimum atomic E-state index is -1.95. The zero-order chi connectivity index (χ0) is 34.2. The van der Waals surface area contributed by atoms with E-state index in [4.69, 9.17) is 9.47 Å². The number of anilines is 2. The second-order valence-electron chi connectivity index (χ2n) is 13.6. The van der Waals surface area contributed by atoms with Crippen molar-refractivity contribution in [3.05, 3.63) is 83.6 Å². The van der Waals surface area contributed by atoms with E-state index in [-0.39, 0.29) is 12.6 Å². The molecule has 2 aromatic carbocycles. The number of methoxy groups -OCH3 is 1. The van der Waals surface area contributed by atoms with E-state index in [1.54, 1.807) is 11.0 Å². The standard InChI is InChI=1S/C37H50N4O6/c1-36(2,3)31-22-30(46-6)23-37(33(31)43,32(42)24-38-35(45)47-25-26-14-10-9-11-15-26)39-34(44)41(28-16-12-7-8-13-17-28)29-20-18-27(19-21-29)40(4)5/h9-11,14-15,18-23,28,33,43H,7-8,12-13,16-17,24-25H2,1-6H3,(H,38,45)(H,39,44). The van der Waals surface area contributed by atoms with Gasteiger partial charge in [-0.25, -0.2) is 9.59 Å². The molecule has 2 aromatic rings. The maximum Gasteiger partial charge on any atom is 0.407 e. The van der Waals surface area contributed by atoms with Crippen LogP contribution in [0.3, 0.4) is 0 Å². The summed E-state index contributed by atoms with van der Waals surface area (Å²) >= 11 is 0. The van der Waals surface area contributed by atoms with Crippen LogP contribution in [0.4, 0.5) is 21.0 Å². The lowest BCUT2D eigenvalue weighted by Crippen LogP contribution is -2.67. The average Bonchev–Trinajstić information content (AvgIpc) is 3.33. The van der Waals surface area contributed by atoms with Crippen molar-refractivity contribution < 1.29 is 29.0 Å². The van der Waals surface area contributed by atoms with Gasteiger partial charge in [0.25, 0.3) is 0 Å². The largest absolute Gasteiger partial charge is 0.497 e. The Morgan fingerprint density at radius 3 is 2.13 bits per heavy atom. The Kier molecular flexibility index (Phi) is 11.7. The highest BCUT2D eigenvalue weighted by atomic mass is 16.5. The Labute approximate surface area is 278 Å². The maximum atomic E-state index is 14.6. The molecular formula is C37H50N4O6. The molecule has 0 aliphatic heterocycles. The Bertz CT molecular complexity index is 1440. The number of ketones is 1. The van der Waals surface area contributed by atoms with E-state index in [0.29, 0.717) is 17.0 Å². The highest BCUT2D eigenvalue weighted by molar-refractivity contribution is 6.02. The molecule has 2 unspecified atom stereocenters. The first kappa shape index (κ1) is 35.5. The third kappa shape index (κ3) is 8.74. The van der Waals surface area contributed by atoms with Crippen LogP contribution < -0.4 is 20.4 Å². The molecule has 254 valence electrons. The number of urea groups is 1. The normalized spacial score (nSPS) is 20.2. The lowest BCUT2D eigenvalue weighted by atomic mass is 9.71. The number of allylic oxidation sites excluding steroid dienone is 1. The lowest BCUT2D eigenvalue weighted by molar-refractivity contribution is -0.125. The van der Waals surface area contributed by atoms with Crippen LogP contribution >= 0.6 is 0 Å². The van der Waals surface area contributed by atoms with Crippen LogP contribution in [0.25, 0.3) is 0 Å². The molecule has 2 aliphatic rings. The number of rotatable bonds is 10. The number of aliphatic hydroxyl groups is 1. The molecule has 47 heavy (non-hydrogen) atoms. The Morgan fingerprint density at radius 2 is 1.55 bits per heavy atom. The highest BCUT2D eigenvalue weighted by Crippen LogP contribution is 2.39. The van der Waals surface area contributed by atoms with Gasteiger partial charge in [-0.1, -0.05) is 76.8 Å². The van der Waals surface area contributed by atoms with E-state index in [0.717, 1.165) is 49.8 Å². The molecule has 1 saturated carbocycles. The first-order valence-electron chi connectivity index (χ1n) is 16.4. The van der Waals surface area contributed by atoms with Gasteiger partial charge in [0, 0.05) is 31.5 Å². The van der Waals surface area contributed by atoms with Gasteiger partial charge >= 0.3 is 12.1 Å². The molecule has 0 radical (unpaired) electrons. The number of hydrogen-bond donors (Lipinski definition) is 3. The number of ether oxygens (including phenoxy) is 2. The van der Waals surface area contributed by atoms with E-state index in [1.165, 1.54) is 13.2 Å². The smallest absolute Gasteiger partial charge is 0.407 e. The Hall–Kier alpha value is -4.31. The Balaban J connectivity index is 1.68. The summed E-state index contributed by atoms with van der Waals surface area (Å²) in [7, 11) is 5.38. The minimum absolute atomic E-state index is 0.0268. The van der Waals surface area contributed by atoms with Gasteiger partial charge in [-0.15, -0.1) is 0 Å². The monoisotopic (exact) mass is 646 g/mol. The van der Waals surface area contributed by atoms with E-state index in [2.05, 4.69) is 10.6 Å². The molecule has 2 aliphatic carbocycles. The van der Waals surface area contributed by atoms with Gasteiger partial charge in [-0.2, -0.15) is 0 Å². The van der Waals surface area contributed by atoms with Gasteiger partial charge in [0.05, 0.1) is 13.7 Å². The molecular weight excluding hydrogens is 596 g/mol. The molecule has 4 rings (SSSR count). The van der Waals surface area contributed by atoms with Crippen LogP contribution in [0.5, 0.6) is 0 Å². The molecule has 3 amide bonds. The van der Waals surface area contributed by atoms with E-state index in [9.17, 15) is 19.5 Å². The summed E-state index contributed by atoms with van der Waals surface area (Å²) in [6, 6.07) is 16.3. The summed E-state index contributed by atoms with van der Waals surface area (Å²) in [6.45, 7) is 5.28. The summed E-state index contributed by atoms with van der Waals surface area (Å²) in [5, 5.41) is 17.5. The van der Waals surface area contributed by atoms with Crippen molar-refractivity contribution in [2.45, 2.75) is 83.6 Å². The molecule has 1 fully saturated rings. The highest BCUT2D eigenvalue weighted by Gasteiger charge is 2.51. The molecule has 0 aromatic heterocycles. The summed E-state index contributed by atoms with van der Waals surface area (Å²) in [5.74, 6) is -0.305. The second-order valence-corrected chi connectivity index (χ2v) is 13.6. The van der Waals surface area contributed by atoms with Crippen LogP contribution in [0, 0.1) is 5.41 Å². The number of carbonyl (C=O) groups is 3. The van der Waals surface area contributed by atoms with Crippen LogP contribution in [0.1, 0.15) is 64.9 Å². The fourth-order valence-corrected chi connectivity index (χ4v) is 6.21. The SMILES string of the molecule is COC1=CC(NC(=O)N(c2ccc(N(C)C)cc2)C2CCCCCC2)(C(=O)CNC(=O)OCc2ccccc2)C(O)C(C(C)(C)C)=C1. The third-order valence-electron chi connectivity index (χ3n) is 8.93. The first-order chi connectivity index (χ1) is 22.4. The van der Waals surface area contributed by atoms with E-state index in [1.807, 2.05) is 94.4 Å². The van der Waals surface area contributed by atoms with Crippen molar-refractivity contribution in [1.82, 2.24) is 10.6 Å². The molecule has 0 spiro atoms. The quantitative estimate of drug-likeness (QED) is 0.267. The number of benzene rings is 2. The number of Topliss-reactive ketones (excluding diaryl/α,β-unsaturated/α-hetero) is 1. The second kappa shape index (κ2) is 15.5. The first-order valence-corrected chi connectivity index (χ1v) is 16.4. The molecule has 0 bridgehead atoms.